The van der Waals surface area contributed by atoms with Crippen LogP contribution in [0.15, 0.2) is 47.6 Å². The van der Waals surface area contributed by atoms with Crippen LogP contribution in [0.25, 0.3) is 0 Å². The van der Waals surface area contributed by atoms with E-state index in [4.69, 9.17) is 10.7 Å². The van der Waals surface area contributed by atoms with Crippen molar-refractivity contribution < 1.29 is 4.39 Å². The SMILES string of the molecule is CN1CCN(CCCN=C2Nc3ncccc3C(N)(CCc3cccc(F)c3)N2)CC1. The van der Waals surface area contributed by atoms with Crippen molar-refractivity contribution in [2.75, 3.05) is 51.6 Å². The van der Waals surface area contributed by atoms with Crippen molar-refractivity contribution >= 4 is 11.8 Å². The first-order valence-corrected chi connectivity index (χ1v) is 11.0. The van der Waals surface area contributed by atoms with Crippen LogP contribution in [0.1, 0.15) is 24.0 Å². The molecular formula is C23H32FN7. The van der Waals surface area contributed by atoms with E-state index in [1.165, 1.54) is 6.07 Å². The Morgan fingerprint density at radius 1 is 1.19 bits per heavy atom. The Morgan fingerprint density at radius 2 is 2.03 bits per heavy atom. The summed E-state index contributed by atoms with van der Waals surface area (Å²) >= 11 is 0. The van der Waals surface area contributed by atoms with E-state index in [2.05, 4.69) is 32.5 Å². The summed E-state index contributed by atoms with van der Waals surface area (Å²) < 4.78 is 13.6. The fourth-order valence-electron chi connectivity index (χ4n) is 4.15. The number of benzene rings is 1. The molecular weight excluding hydrogens is 393 g/mol. The zero-order chi connectivity index (χ0) is 21.7. The summed E-state index contributed by atoms with van der Waals surface area (Å²) in [5, 5.41) is 6.65. The lowest BCUT2D eigenvalue weighted by molar-refractivity contribution is 0.153. The second-order valence-corrected chi connectivity index (χ2v) is 8.48. The second kappa shape index (κ2) is 9.72. The number of anilines is 1. The normalized spacial score (nSPS) is 23.3. The molecule has 1 unspecified atom stereocenters. The summed E-state index contributed by atoms with van der Waals surface area (Å²) in [7, 11) is 2.17. The van der Waals surface area contributed by atoms with Crippen LogP contribution >= 0.6 is 0 Å². The number of hydrogen-bond donors (Lipinski definition) is 3. The molecule has 31 heavy (non-hydrogen) atoms. The van der Waals surface area contributed by atoms with Crippen LogP contribution in [0.4, 0.5) is 10.2 Å². The molecule has 1 fully saturated rings. The van der Waals surface area contributed by atoms with Crippen molar-refractivity contribution in [1.29, 1.82) is 0 Å². The maximum atomic E-state index is 13.6. The zero-order valence-corrected chi connectivity index (χ0v) is 18.1. The van der Waals surface area contributed by atoms with Crippen molar-refractivity contribution in [3.63, 3.8) is 0 Å². The fourth-order valence-corrected chi connectivity index (χ4v) is 4.15. The molecule has 166 valence electrons. The quantitative estimate of drug-likeness (QED) is 0.589. The van der Waals surface area contributed by atoms with Crippen molar-refractivity contribution in [1.82, 2.24) is 20.1 Å². The number of guanidine groups is 1. The molecule has 0 bridgehead atoms. The van der Waals surface area contributed by atoms with Crippen molar-refractivity contribution in [2.24, 2.45) is 10.7 Å². The first-order valence-electron chi connectivity index (χ1n) is 11.0. The number of fused-ring (bicyclic) bond motifs is 1. The summed E-state index contributed by atoms with van der Waals surface area (Å²) in [5.74, 6) is 1.14. The predicted octanol–water partition coefficient (Wildman–Crippen LogP) is 1.97. The Morgan fingerprint density at radius 3 is 2.84 bits per heavy atom. The molecule has 7 nitrogen and oxygen atoms in total. The molecule has 1 atom stereocenters. The van der Waals surface area contributed by atoms with Gasteiger partial charge < -0.3 is 26.2 Å². The largest absolute Gasteiger partial charge is 0.334 e. The molecule has 0 saturated carbocycles. The van der Waals surface area contributed by atoms with E-state index in [9.17, 15) is 4.39 Å². The molecule has 3 heterocycles. The molecule has 2 aromatic rings. The van der Waals surface area contributed by atoms with Crippen LogP contribution in [-0.2, 0) is 12.1 Å². The van der Waals surface area contributed by atoms with Crippen LogP contribution < -0.4 is 16.4 Å². The highest BCUT2D eigenvalue weighted by molar-refractivity contribution is 5.96. The average Bonchev–Trinajstić information content (AvgIpc) is 2.77. The number of halogens is 1. The fraction of sp³-hybridized carbons (Fsp3) is 0.478. The molecule has 0 radical (unpaired) electrons. The lowest BCUT2D eigenvalue weighted by atomic mass is 9.92. The first-order chi connectivity index (χ1) is 15.0. The minimum absolute atomic E-state index is 0.230. The van der Waals surface area contributed by atoms with Crippen molar-refractivity contribution in [3.8, 4) is 0 Å². The Kier molecular flexibility index (Phi) is 6.80. The van der Waals surface area contributed by atoms with Gasteiger partial charge in [0.15, 0.2) is 5.96 Å². The summed E-state index contributed by atoms with van der Waals surface area (Å²) in [6.07, 6.45) is 3.98. The van der Waals surface area contributed by atoms with Gasteiger partial charge in [0.05, 0.1) is 0 Å². The first kappa shape index (κ1) is 21.7. The van der Waals surface area contributed by atoms with Crippen LogP contribution in [0.5, 0.6) is 0 Å². The average molecular weight is 426 g/mol. The predicted molar refractivity (Wildman–Crippen MR) is 122 cm³/mol. The van der Waals surface area contributed by atoms with E-state index in [0.717, 1.165) is 56.1 Å². The zero-order valence-electron chi connectivity index (χ0n) is 18.1. The lowest BCUT2D eigenvalue weighted by Crippen LogP contribution is -2.58. The summed E-state index contributed by atoms with van der Waals surface area (Å²) in [6.45, 7) is 6.25. The van der Waals surface area contributed by atoms with E-state index >= 15 is 0 Å². The minimum Gasteiger partial charge on any atom is -0.334 e. The Hall–Kier alpha value is -2.55. The number of likely N-dealkylation sites (N-methyl/N-ethyl adjacent to an activating group) is 1. The molecule has 0 aliphatic carbocycles. The van der Waals surface area contributed by atoms with Gasteiger partial charge in [-0.3, -0.25) is 4.99 Å². The van der Waals surface area contributed by atoms with E-state index in [-0.39, 0.29) is 5.82 Å². The van der Waals surface area contributed by atoms with E-state index < -0.39 is 5.66 Å². The van der Waals surface area contributed by atoms with E-state index in [1.807, 2.05) is 18.2 Å². The van der Waals surface area contributed by atoms with Gasteiger partial charge in [-0.1, -0.05) is 18.2 Å². The molecule has 2 aliphatic rings. The van der Waals surface area contributed by atoms with Gasteiger partial charge in [-0.15, -0.1) is 0 Å². The van der Waals surface area contributed by atoms with Crippen LogP contribution in [0.2, 0.25) is 0 Å². The molecule has 2 aliphatic heterocycles. The monoisotopic (exact) mass is 425 g/mol. The van der Waals surface area contributed by atoms with Gasteiger partial charge in [0.1, 0.15) is 17.3 Å². The number of nitrogens with two attached hydrogens (primary N) is 1. The third kappa shape index (κ3) is 5.58. The molecule has 1 saturated heterocycles. The molecule has 1 aromatic carbocycles. The minimum atomic E-state index is -0.822. The third-order valence-corrected chi connectivity index (χ3v) is 6.06. The van der Waals surface area contributed by atoms with Gasteiger partial charge in [-0.2, -0.15) is 0 Å². The maximum Gasteiger partial charge on any atom is 0.198 e. The van der Waals surface area contributed by atoms with Crippen LogP contribution in [0, 0.1) is 5.82 Å². The van der Waals surface area contributed by atoms with Crippen molar-refractivity contribution in [2.45, 2.75) is 24.9 Å². The van der Waals surface area contributed by atoms with Gasteiger partial charge in [0.2, 0.25) is 0 Å². The van der Waals surface area contributed by atoms with E-state index in [1.54, 1.807) is 18.3 Å². The molecule has 1 aromatic heterocycles. The van der Waals surface area contributed by atoms with Crippen LogP contribution in [-0.4, -0.2) is 67.1 Å². The highest BCUT2D eigenvalue weighted by Gasteiger charge is 2.35. The Labute approximate surface area is 183 Å². The Bertz CT molecular complexity index is 910. The highest BCUT2D eigenvalue weighted by Crippen LogP contribution is 2.30. The molecule has 0 amide bonds. The molecule has 4 rings (SSSR count). The van der Waals surface area contributed by atoms with Gasteiger partial charge in [-0.25, -0.2) is 9.37 Å². The summed E-state index contributed by atoms with van der Waals surface area (Å²) in [6, 6.07) is 10.5. The number of rotatable bonds is 7. The number of nitrogens with one attached hydrogen (secondary N) is 2. The number of pyridine rings is 1. The molecule has 4 N–H and O–H groups in total. The number of aliphatic imine (C=N–C) groups is 1. The van der Waals surface area contributed by atoms with Gasteiger partial charge >= 0.3 is 0 Å². The van der Waals surface area contributed by atoms with Gasteiger partial charge in [0, 0.05) is 51.0 Å². The maximum absolute atomic E-state index is 13.6. The number of piperazine rings is 1. The number of nitrogens with zero attached hydrogens (tertiary/aromatic N) is 4. The van der Waals surface area contributed by atoms with E-state index in [0.29, 0.717) is 25.3 Å². The highest BCUT2D eigenvalue weighted by atomic mass is 19.1. The summed E-state index contributed by atoms with van der Waals surface area (Å²) in [4.78, 5) is 14.0. The smallest absolute Gasteiger partial charge is 0.198 e. The van der Waals surface area contributed by atoms with Crippen molar-refractivity contribution in [3.05, 3.63) is 59.5 Å². The topological polar surface area (TPSA) is 81.8 Å². The number of aromatic nitrogens is 1. The number of aryl methyl sites for hydroxylation is 1. The van der Waals surface area contributed by atoms with Gasteiger partial charge in [0.25, 0.3) is 0 Å². The third-order valence-electron chi connectivity index (χ3n) is 6.06. The molecule has 8 heteroatoms. The Balaban J connectivity index is 1.39. The lowest BCUT2D eigenvalue weighted by Gasteiger charge is -2.38. The number of hydrogen-bond acceptors (Lipinski definition) is 5. The summed E-state index contributed by atoms with van der Waals surface area (Å²) in [5.41, 5.74) is 7.79. The van der Waals surface area contributed by atoms with Crippen LogP contribution in [0.3, 0.4) is 0 Å². The van der Waals surface area contributed by atoms with Gasteiger partial charge in [-0.05, 0) is 50.1 Å². The second-order valence-electron chi connectivity index (χ2n) is 8.48. The molecule has 0 spiro atoms. The standard InChI is InChI=1S/C23H32FN7/c1-30-13-15-31(16-14-30)12-4-11-27-22-28-21-20(7-3-10-26-21)23(25,29-22)9-8-18-5-2-6-19(24)17-18/h2-3,5-7,10,17H,4,8-9,11-16,25H2,1H3,(H2,26,27,28,29).